The number of nitrogens with one attached hydrogen (secondary N) is 1. The summed E-state index contributed by atoms with van der Waals surface area (Å²) >= 11 is 0. The van der Waals surface area contributed by atoms with Gasteiger partial charge in [-0.05, 0) is 50.9 Å². The van der Waals surface area contributed by atoms with Crippen LogP contribution in [0.15, 0.2) is 24.4 Å². The van der Waals surface area contributed by atoms with Crippen molar-refractivity contribution < 1.29 is 0 Å². The summed E-state index contributed by atoms with van der Waals surface area (Å²) < 4.78 is 0. The average Bonchev–Trinajstić information content (AvgIpc) is 2.42. The Kier molecular flexibility index (Phi) is 5.34. The van der Waals surface area contributed by atoms with Crippen LogP contribution in [0.1, 0.15) is 38.8 Å². The molecule has 3 unspecified atom stereocenters. The Balaban J connectivity index is 1.99. The van der Waals surface area contributed by atoms with Crippen molar-refractivity contribution >= 4 is 0 Å². The summed E-state index contributed by atoms with van der Waals surface area (Å²) in [6.45, 7) is 6.59. The van der Waals surface area contributed by atoms with Gasteiger partial charge in [0.15, 0.2) is 0 Å². The number of pyridine rings is 1. The minimum atomic E-state index is 0.630. The van der Waals surface area contributed by atoms with E-state index in [0.717, 1.165) is 19.0 Å². The normalized spacial score (nSPS) is 27.7. The lowest BCUT2D eigenvalue weighted by molar-refractivity contribution is 0.119. The molecule has 1 aliphatic carbocycles. The minimum absolute atomic E-state index is 0.630. The number of aromatic nitrogens is 1. The molecule has 1 aromatic rings. The fourth-order valence-corrected chi connectivity index (χ4v) is 3.20. The lowest BCUT2D eigenvalue weighted by Gasteiger charge is -2.40. The third-order valence-corrected chi connectivity index (χ3v) is 4.25. The largest absolute Gasteiger partial charge is 0.313 e. The molecule has 1 saturated carbocycles. The first-order valence-electron chi connectivity index (χ1n) is 7.54. The van der Waals surface area contributed by atoms with E-state index in [2.05, 4.69) is 48.2 Å². The van der Waals surface area contributed by atoms with Crippen molar-refractivity contribution in [1.29, 1.82) is 0 Å². The smallest absolute Gasteiger partial charge is 0.0543 e. The molecule has 0 spiro atoms. The molecule has 3 heteroatoms. The first-order valence-corrected chi connectivity index (χ1v) is 7.54. The summed E-state index contributed by atoms with van der Waals surface area (Å²) in [4.78, 5) is 6.92. The number of likely N-dealkylation sites (N-methyl/N-ethyl adjacent to an activating group) is 2. The maximum absolute atomic E-state index is 4.44. The van der Waals surface area contributed by atoms with E-state index in [1.54, 1.807) is 0 Å². The highest BCUT2D eigenvalue weighted by Crippen LogP contribution is 2.27. The maximum Gasteiger partial charge on any atom is 0.0543 e. The van der Waals surface area contributed by atoms with Crippen LogP contribution in [-0.4, -0.2) is 35.6 Å². The van der Waals surface area contributed by atoms with Crippen molar-refractivity contribution in [3.8, 4) is 0 Å². The summed E-state index contributed by atoms with van der Waals surface area (Å²) in [6, 6.07) is 7.43. The number of nitrogens with zero attached hydrogens (tertiary/aromatic N) is 2. The van der Waals surface area contributed by atoms with Gasteiger partial charge in [0, 0.05) is 24.8 Å². The van der Waals surface area contributed by atoms with Gasteiger partial charge in [0.1, 0.15) is 0 Å². The van der Waals surface area contributed by atoms with Gasteiger partial charge in [0.2, 0.25) is 0 Å². The highest BCUT2D eigenvalue weighted by molar-refractivity contribution is 5.04. The van der Waals surface area contributed by atoms with Crippen LogP contribution in [0.3, 0.4) is 0 Å². The molecule has 3 atom stereocenters. The summed E-state index contributed by atoms with van der Waals surface area (Å²) in [5.41, 5.74) is 1.17. The quantitative estimate of drug-likeness (QED) is 0.883. The zero-order chi connectivity index (χ0) is 13.7. The van der Waals surface area contributed by atoms with Gasteiger partial charge >= 0.3 is 0 Å². The molecule has 0 bridgehead atoms. The lowest BCUT2D eigenvalue weighted by atomic mass is 9.82. The van der Waals surface area contributed by atoms with E-state index in [0.29, 0.717) is 12.1 Å². The monoisotopic (exact) mass is 261 g/mol. The molecule has 0 saturated heterocycles. The maximum atomic E-state index is 4.44. The Morgan fingerprint density at radius 3 is 2.89 bits per heavy atom. The van der Waals surface area contributed by atoms with Crippen LogP contribution in [0, 0.1) is 5.92 Å². The minimum Gasteiger partial charge on any atom is -0.313 e. The van der Waals surface area contributed by atoms with Gasteiger partial charge in [-0.1, -0.05) is 19.9 Å². The molecule has 19 heavy (non-hydrogen) atoms. The Morgan fingerprint density at radius 1 is 1.37 bits per heavy atom. The Bertz CT molecular complexity index is 366. The topological polar surface area (TPSA) is 28.2 Å². The van der Waals surface area contributed by atoms with E-state index in [1.165, 1.54) is 25.0 Å². The molecule has 0 radical (unpaired) electrons. The van der Waals surface area contributed by atoms with Gasteiger partial charge in [-0.25, -0.2) is 0 Å². The van der Waals surface area contributed by atoms with Crippen LogP contribution in [0.4, 0.5) is 0 Å². The second-order valence-corrected chi connectivity index (χ2v) is 5.89. The van der Waals surface area contributed by atoms with Gasteiger partial charge in [-0.3, -0.25) is 9.88 Å². The number of hydrogen-bond acceptors (Lipinski definition) is 3. The van der Waals surface area contributed by atoms with E-state index in [-0.39, 0.29) is 0 Å². The Morgan fingerprint density at radius 2 is 2.21 bits per heavy atom. The highest BCUT2D eigenvalue weighted by atomic mass is 15.2. The zero-order valence-corrected chi connectivity index (χ0v) is 12.5. The SMILES string of the molecule is CCNC1CCC(C)CC1N(C)Cc1ccccn1. The molecule has 0 amide bonds. The van der Waals surface area contributed by atoms with Crippen LogP contribution in [0.25, 0.3) is 0 Å². The van der Waals surface area contributed by atoms with E-state index in [1.807, 2.05) is 12.3 Å². The third kappa shape index (κ3) is 4.02. The molecule has 1 heterocycles. The van der Waals surface area contributed by atoms with Crippen molar-refractivity contribution in [1.82, 2.24) is 15.2 Å². The lowest BCUT2D eigenvalue weighted by Crippen LogP contribution is -2.51. The van der Waals surface area contributed by atoms with Gasteiger partial charge in [0.05, 0.1) is 5.69 Å². The first-order chi connectivity index (χ1) is 9.20. The van der Waals surface area contributed by atoms with Gasteiger partial charge < -0.3 is 5.32 Å². The fourth-order valence-electron chi connectivity index (χ4n) is 3.20. The molecule has 1 fully saturated rings. The molecule has 1 N–H and O–H groups in total. The second-order valence-electron chi connectivity index (χ2n) is 5.89. The molecule has 2 rings (SSSR count). The second kappa shape index (κ2) is 7.01. The summed E-state index contributed by atoms with van der Waals surface area (Å²) in [7, 11) is 2.24. The third-order valence-electron chi connectivity index (χ3n) is 4.25. The summed E-state index contributed by atoms with van der Waals surface area (Å²) in [6.07, 6.45) is 5.83. The van der Waals surface area contributed by atoms with Crippen molar-refractivity contribution in [2.24, 2.45) is 5.92 Å². The Hall–Kier alpha value is -0.930. The molecule has 0 aromatic carbocycles. The van der Waals surface area contributed by atoms with Crippen LogP contribution < -0.4 is 5.32 Å². The van der Waals surface area contributed by atoms with E-state index in [9.17, 15) is 0 Å². The van der Waals surface area contributed by atoms with E-state index < -0.39 is 0 Å². The van der Waals surface area contributed by atoms with Crippen molar-refractivity contribution in [2.45, 2.75) is 51.7 Å². The molecule has 3 nitrogen and oxygen atoms in total. The predicted octanol–water partition coefficient (Wildman–Crippen LogP) is 2.68. The first kappa shape index (κ1) is 14.5. The van der Waals surface area contributed by atoms with Crippen molar-refractivity contribution in [3.05, 3.63) is 30.1 Å². The molecule has 1 aromatic heterocycles. The van der Waals surface area contributed by atoms with Crippen LogP contribution in [-0.2, 0) is 6.54 Å². The summed E-state index contributed by atoms with van der Waals surface area (Å²) in [5.74, 6) is 0.839. The van der Waals surface area contributed by atoms with E-state index in [4.69, 9.17) is 0 Å². The van der Waals surface area contributed by atoms with Gasteiger partial charge in [-0.2, -0.15) is 0 Å². The molecular formula is C16H27N3. The summed E-state index contributed by atoms with van der Waals surface area (Å²) in [5, 5.41) is 3.66. The van der Waals surface area contributed by atoms with Crippen molar-refractivity contribution in [2.75, 3.05) is 13.6 Å². The Labute approximate surface area is 117 Å². The van der Waals surface area contributed by atoms with Crippen molar-refractivity contribution in [3.63, 3.8) is 0 Å². The molecule has 1 aliphatic rings. The van der Waals surface area contributed by atoms with E-state index >= 15 is 0 Å². The highest BCUT2D eigenvalue weighted by Gasteiger charge is 2.30. The molecular weight excluding hydrogens is 234 g/mol. The standard InChI is InChI=1S/C16H27N3/c1-4-17-15-9-8-13(2)11-16(15)19(3)12-14-7-5-6-10-18-14/h5-7,10,13,15-17H,4,8-9,11-12H2,1-3H3. The predicted molar refractivity (Wildman–Crippen MR) is 80.0 cm³/mol. The van der Waals surface area contributed by atoms with Crippen LogP contribution in [0.2, 0.25) is 0 Å². The van der Waals surface area contributed by atoms with Gasteiger partial charge in [-0.15, -0.1) is 0 Å². The average molecular weight is 261 g/mol. The molecule has 106 valence electrons. The van der Waals surface area contributed by atoms with Crippen LogP contribution >= 0.6 is 0 Å². The number of hydrogen-bond donors (Lipinski definition) is 1. The number of rotatable bonds is 5. The molecule has 0 aliphatic heterocycles. The zero-order valence-electron chi connectivity index (χ0n) is 12.5. The van der Waals surface area contributed by atoms with Crippen LogP contribution in [0.5, 0.6) is 0 Å². The fraction of sp³-hybridized carbons (Fsp3) is 0.688. The van der Waals surface area contributed by atoms with Gasteiger partial charge in [0.25, 0.3) is 0 Å².